The van der Waals surface area contributed by atoms with Gasteiger partial charge in [-0.25, -0.2) is 0 Å². The van der Waals surface area contributed by atoms with Crippen LogP contribution in [0.5, 0.6) is 0 Å². The zero-order valence-electron chi connectivity index (χ0n) is 23.2. The molecule has 5 heteroatoms. The Kier molecular flexibility index (Phi) is 9.20. The first-order valence-electron chi connectivity index (χ1n) is 13.0. The molecule has 0 aliphatic carbocycles. The van der Waals surface area contributed by atoms with E-state index in [4.69, 9.17) is 21.6 Å². The van der Waals surface area contributed by atoms with Crippen molar-refractivity contribution in [1.82, 2.24) is 4.98 Å². The summed E-state index contributed by atoms with van der Waals surface area (Å²) in [4.78, 5) is 9.98. The van der Waals surface area contributed by atoms with Gasteiger partial charge in [0.1, 0.15) is 0 Å². The number of nitrogens with zero attached hydrogens (tertiary/aromatic N) is 2. The van der Waals surface area contributed by atoms with E-state index in [0.717, 1.165) is 23.2 Å². The zero-order chi connectivity index (χ0) is 27.3. The molecule has 0 aliphatic rings. The van der Waals surface area contributed by atoms with Gasteiger partial charge in [0.25, 0.3) is 0 Å². The van der Waals surface area contributed by atoms with Crippen molar-refractivity contribution >= 4 is 55.3 Å². The topological polar surface area (TPSA) is 25.2 Å². The lowest BCUT2D eigenvalue weighted by Gasteiger charge is -2.41. The Hall–Kier alpha value is -2.37. The number of rotatable bonds is 7. The second kappa shape index (κ2) is 12.2. The predicted molar refractivity (Wildman–Crippen MR) is 172 cm³/mol. The molecule has 0 unspecified atom stereocenters. The molecule has 38 heavy (non-hydrogen) atoms. The average molecular weight is 559 g/mol. The molecule has 0 bridgehead atoms. The van der Waals surface area contributed by atoms with E-state index in [1.165, 1.54) is 15.9 Å². The van der Waals surface area contributed by atoms with Crippen LogP contribution in [0.4, 0.5) is 5.69 Å². The van der Waals surface area contributed by atoms with Crippen molar-refractivity contribution in [3.63, 3.8) is 0 Å². The Balaban J connectivity index is 1.71. The van der Waals surface area contributed by atoms with E-state index < -0.39 is 7.92 Å². The average Bonchev–Trinajstić information content (AvgIpc) is 2.87. The third-order valence-electron chi connectivity index (χ3n) is 6.31. The predicted octanol–water partition coefficient (Wildman–Crippen LogP) is 8.82. The van der Waals surface area contributed by atoms with Crippen LogP contribution in [0.3, 0.4) is 0 Å². The normalized spacial score (nSPS) is 12.6. The van der Waals surface area contributed by atoms with Gasteiger partial charge in [0.2, 0.25) is 0 Å². The van der Waals surface area contributed by atoms with Gasteiger partial charge >= 0.3 is 0 Å². The van der Waals surface area contributed by atoms with Crippen LogP contribution in [-0.4, -0.2) is 21.5 Å². The van der Waals surface area contributed by atoms with Gasteiger partial charge in [0, 0.05) is 22.2 Å². The molecular weight excluding hydrogens is 522 g/mol. The summed E-state index contributed by atoms with van der Waals surface area (Å²) in [5.74, 6) is 0. The maximum atomic E-state index is 6.48. The van der Waals surface area contributed by atoms with E-state index in [2.05, 4.69) is 120 Å². The molecule has 3 aromatic carbocycles. The first-order chi connectivity index (χ1) is 18.0. The molecule has 196 valence electrons. The van der Waals surface area contributed by atoms with Crippen molar-refractivity contribution in [1.29, 1.82) is 0 Å². The van der Waals surface area contributed by atoms with Crippen molar-refractivity contribution in [2.45, 2.75) is 58.0 Å². The summed E-state index contributed by atoms with van der Waals surface area (Å²) in [6.45, 7) is 14.1. The summed E-state index contributed by atoms with van der Waals surface area (Å²) in [6, 6.07) is 33.7. The maximum absolute atomic E-state index is 6.48. The molecule has 0 radical (unpaired) electrons. The second-order valence-electron chi connectivity index (χ2n) is 11.4. The largest absolute Gasteiger partial charge is 0.254 e. The molecule has 0 spiro atoms. The van der Waals surface area contributed by atoms with Crippen LogP contribution in [0, 0.1) is 0 Å². The molecule has 0 N–H and O–H groups in total. The summed E-state index contributed by atoms with van der Waals surface area (Å²) in [5.41, 5.74) is 2.89. The van der Waals surface area contributed by atoms with Crippen LogP contribution < -0.4 is 15.9 Å². The minimum atomic E-state index is -0.794. The summed E-state index contributed by atoms with van der Waals surface area (Å²) in [5, 5.41) is 4.93. The van der Waals surface area contributed by atoms with Gasteiger partial charge in [-0.1, -0.05) is 134 Å². The van der Waals surface area contributed by atoms with Crippen LogP contribution in [-0.2, 0) is 6.16 Å². The van der Waals surface area contributed by atoms with Crippen molar-refractivity contribution in [2.75, 3.05) is 0 Å². The highest BCUT2D eigenvalue weighted by molar-refractivity contribution is 7.80. The first-order valence-corrected chi connectivity index (χ1v) is 16.2. The lowest BCUT2D eigenvalue weighted by Crippen LogP contribution is -2.26. The van der Waals surface area contributed by atoms with Gasteiger partial charge < -0.3 is 0 Å². The van der Waals surface area contributed by atoms with Gasteiger partial charge in [0.05, 0.1) is 17.6 Å². The smallest absolute Gasteiger partial charge is 0.0816 e. The lowest BCUT2D eigenvalue weighted by atomic mass is 10.2. The zero-order valence-corrected chi connectivity index (χ0v) is 25.7. The third kappa shape index (κ3) is 7.39. The minimum Gasteiger partial charge on any atom is -0.254 e. The highest BCUT2D eigenvalue weighted by Crippen LogP contribution is 2.61. The minimum absolute atomic E-state index is 0.251. The van der Waals surface area contributed by atoms with Gasteiger partial charge in [-0.2, -0.15) is 0 Å². The summed E-state index contributed by atoms with van der Waals surface area (Å²) in [7, 11) is -1.07. The Morgan fingerprint density at radius 2 is 1.32 bits per heavy atom. The van der Waals surface area contributed by atoms with Gasteiger partial charge in [0.15, 0.2) is 0 Å². The molecule has 2 nitrogen and oxygen atoms in total. The lowest BCUT2D eigenvalue weighted by molar-refractivity contribution is 0.701. The Labute approximate surface area is 236 Å². The Morgan fingerprint density at radius 3 is 1.87 bits per heavy atom. The highest BCUT2D eigenvalue weighted by atomic mass is 35.5. The van der Waals surface area contributed by atoms with Crippen LogP contribution in [0.15, 0.2) is 102 Å². The van der Waals surface area contributed by atoms with Crippen LogP contribution in [0.2, 0.25) is 5.02 Å². The van der Waals surface area contributed by atoms with E-state index in [9.17, 15) is 0 Å². The molecule has 1 aromatic heterocycles. The Morgan fingerprint density at radius 1 is 0.737 bits per heavy atom. The second-order valence-corrected chi connectivity index (χ2v) is 17.9. The van der Waals surface area contributed by atoms with E-state index >= 15 is 0 Å². The number of benzene rings is 3. The fourth-order valence-electron chi connectivity index (χ4n) is 4.81. The van der Waals surface area contributed by atoms with Crippen molar-refractivity contribution < 1.29 is 0 Å². The monoisotopic (exact) mass is 558 g/mol. The quantitative estimate of drug-likeness (QED) is 0.164. The number of pyridine rings is 1. The van der Waals surface area contributed by atoms with E-state index in [1.54, 1.807) is 0 Å². The summed E-state index contributed by atoms with van der Waals surface area (Å²) < 4.78 is 0. The van der Waals surface area contributed by atoms with Crippen LogP contribution in [0.25, 0.3) is 0 Å². The third-order valence-corrected chi connectivity index (χ3v) is 12.9. The standard InChI is InChI=1S/C33H37ClN2P2/c1-32(2,3)37(33(4,5)6)24-27-15-13-14-26(36-27)23-35-30-22-25(34)20-21-31(30)38(28-16-9-7-10-17-28)29-18-11-8-12-19-29/h7-23H,24H2,1-6H3. The molecule has 0 atom stereocenters. The number of aliphatic imine (C=N–C) groups is 1. The molecule has 0 amide bonds. The van der Waals surface area contributed by atoms with Crippen LogP contribution >= 0.6 is 27.4 Å². The summed E-state index contributed by atoms with van der Waals surface area (Å²) >= 11 is 6.48. The van der Waals surface area contributed by atoms with Gasteiger partial charge in [-0.3, -0.25) is 9.98 Å². The molecule has 4 rings (SSSR count). The number of halogens is 1. The van der Waals surface area contributed by atoms with Gasteiger partial charge in [-0.05, 0) is 53.1 Å². The first kappa shape index (κ1) is 28.6. The van der Waals surface area contributed by atoms with E-state index in [0.29, 0.717) is 5.02 Å². The van der Waals surface area contributed by atoms with Gasteiger partial charge in [-0.15, -0.1) is 0 Å². The molecule has 1 heterocycles. The van der Waals surface area contributed by atoms with Crippen molar-refractivity contribution in [3.8, 4) is 0 Å². The highest BCUT2D eigenvalue weighted by Gasteiger charge is 2.34. The number of aromatic nitrogens is 1. The molecule has 0 aliphatic heterocycles. The molecule has 0 saturated heterocycles. The van der Waals surface area contributed by atoms with Crippen LogP contribution in [0.1, 0.15) is 52.9 Å². The fourth-order valence-corrected chi connectivity index (χ4v) is 10.8. The van der Waals surface area contributed by atoms with Crippen molar-refractivity contribution in [2.24, 2.45) is 4.99 Å². The maximum Gasteiger partial charge on any atom is 0.0816 e. The number of hydrogen-bond donors (Lipinski definition) is 0. The summed E-state index contributed by atoms with van der Waals surface area (Å²) in [6.07, 6.45) is 2.89. The van der Waals surface area contributed by atoms with E-state index in [-0.39, 0.29) is 18.2 Å². The molecule has 4 aromatic rings. The molecule has 0 fully saturated rings. The van der Waals surface area contributed by atoms with Crippen molar-refractivity contribution in [3.05, 3.63) is 113 Å². The van der Waals surface area contributed by atoms with E-state index in [1.807, 2.05) is 24.4 Å². The molecular formula is C33H37ClN2P2. The number of hydrogen-bond acceptors (Lipinski definition) is 2. The SMILES string of the molecule is CC(C)(C)P(Cc1cccc(C=Nc2cc(Cl)ccc2P(c2ccccc2)c2ccccc2)n1)C(C)(C)C. The Bertz CT molecular complexity index is 1320. The fraction of sp³-hybridized carbons (Fsp3) is 0.273. The molecule has 0 saturated carbocycles.